The van der Waals surface area contributed by atoms with Crippen LogP contribution in [0.2, 0.25) is 0 Å². The minimum absolute atomic E-state index is 0.0195. The first kappa shape index (κ1) is 21.0. The molecule has 5 rings (SSSR count). The molecule has 3 aliphatic rings. The second-order valence-electron chi connectivity index (χ2n) is 8.73. The third-order valence-electron chi connectivity index (χ3n) is 6.56. The Morgan fingerprint density at radius 1 is 0.906 bits per heavy atom. The molecule has 8 heteroatoms. The van der Waals surface area contributed by atoms with Gasteiger partial charge in [-0.25, -0.2) is 0 Å². The van der Waals surface area contributed by atoms with E-state index in [1.54, 1.807) is 18.2 Å². The molecule has 2 saturated heterocycles. The zero-order valence-corrected chi connectivity index (χ0v) is 18.9. The first-order valence-corrected chi connectivity index (χ1v) is 12.8. The number of nitrogens with zero attached hydrogens (tertiary/aromatic N) is 3. The lowest BCUT2D eigenvalue weighted by atomic mass is 9.96. The van der Waals surface area contributed by atoms with Crippen LogP contribution in [0.25, 0.3) is 0 Å². The van der Waals surface area contributed by atoms with E-state index in [0.29, 0.717) is 24.5 Å². The molecule has 2 fully saturated rings. The normalized spacial score (nSPS) is 22.2. The lowest BCUT2D eigenvalue weighted by Crippen LogP contribution is -2.44. The van der Waals surface area contributed by atoms with Crippen molar-refractivity contribution in [1.29, 1.82) is 0 Å². The number of sulfonamides is 1. The Hall–Kier alpha value is -2.87. The summed E-state index contributed by atoms with van der Waals surface area (Å²) in [6, 6.07) is 14.9. The van der Waals surface area contributed by atoms with Gasteiger partial charge in [0.25, 0.3) is 10.0 Å². The highest BCUT2D eigenvalue weighted by molar-refractivity contribution is 7.90. The molecular weight excluding hydrogens is 424 g/mol. The fourth-order valence-electron chi connectivity index (χ4n) is 4.92. The number of carbonyl (C=O) groups is 1. The van der Waals surface area contributed by atoms with Gasteiger partial charge in [-0.2, -0.15) is 8.42 Å². The predicted molar refractivity (Wildman–Crippen MR) is 126 cm³/mol. The number of nitrogens with one attached hydrogen (secondary N) is 1. The van der Waals surface area contributed by atoms with E-state index in [0.717, 1.165) is 37.3 Å². The van der Waals surface area contributed by atoms with E-state index in [4.69, 9.17) is 0 Å². The number of amidine groups is 1. The number of hydrogen-bond donors (Lipinski definition) is 1. The molecule has 2 aromatic rings. The van der Waals surface area contributed by atoms with Crippen molar-refractivity contribution in [3.8, 4) is 0 Å². The van der Waals surface area contributed by atoms with Crippen LogP contribution in [0.3, 0.4) is 0 Å². The fourth-order valence-corrected chi connectivity index (χ4v) is 6.15. The van der Waals surface area contributed by atoms with Crippen molar-refractivity contribution in [2.75, 3.05) is 36.4 Å². The van der Waals surface area contributed by atoms with E-state index in [1.807, 2.05) is 29.2 Å². The third-order valence-corrected chi connectivity index (χ3v) is 7.89. The number of benzene rings is 2. The number of para-hydroxylation sites is 2. The summed E-state index contributed by atoms with van der Waals surface area (Å²) in [6.45, 7) is 3.17. The lowest BCUT2D eigenvalue weighted by molar-refractivity contribution is -0.121. The van der Waals surface area contributed by atoms with Gasteiger partial charge in [0.05, 0.1) is 17.3 Å². The molecule has 32 heavy (non-hydrogen) atoms. The van der Waals surface area contributed by atoms with Crippen LogP contribution in [0, 0.1) is 5.92 Å². The van der Waals surface area contributed by atoms with E-state index in [2.05, 4.69) is 20.7 Å². The molecule has 2 aromatic carbocycles. The maximum atomic E-state index is 13.2. The van der Waals surface area contributed by atoms with E-state index in [-0.39, 0.29) is 16.7 Å². The summed E-state index contributed by atoms with van der Waals surface area (Å²) in [6.07, 6.45) is 5.19. The van der Waals surface area contributed by atoms with Crippen molar-refractivity contribution in [2.45, 2.75) is 37.0 Å². The van der Waals surface area contributed by atoms with Crippen LogP contribution in [0.1, 0.15) is 37.7 Å². The van der Waals surface area contributed by atoms with Crippen molar-refractivity contribution in [1.82, 2.24) is 4.90 Å². The first-order chi connectivity index (χ1) is 15.5. The predicted octanol–water partition coefficient (Wildman–Crippen LogP) is 3.48. The summed E-state index contributed by atoms with van der Waals surface area (Å²) in [7, 11) is -3.67. The smallest absolute Gasteiger partial charge is 0.285 e. The third kappa shape index (κ3) is 3.99. The van der Waals surface area contributed by atoms with Crippen molar-refractivity contribution in [2.24, 2.45) is 10.3 Å². The van der Waals surface area contributed by atoms with Gasteiger partial charge in [-0.1, -0.05) is 24.3 Å². The van der Waals surface area contributed by atoms with E-state index < -0.39 is 10.0 Å². The number of anilines is 2. The summed E-state index contributed by atoms with van der Waals surface area (Å²) in [5.74, 6) is 0.219. The largest absolute Gasteiger partial charge is 0.370 e. The fraction of sp³-hybridized carbons (Fsp3) is 0.417. The summed E-state index contributed by atoms with van der Waals surface area (Å²) in [5.41, 5.74) is 2.56. The van der Waals surface area contributed by atoms with Crippen LogP contribution in [-0.2, 0) is 14.8 Å². The van der Waals surface area contributed by atoms with E-state index in [9.17, 15) is 13.2 Å². The molecule has 1 amide bonds. The first-order valence-electron chi connectivity index (χ1n) is 11.4. The summed E-state index contributed by atoms with van der Waals surface area (Å²) >= 11 is 0. The van der Waals surface area contributed by atoms with Gasteiger partial charge in [0.2, 0.25) is 5.91 Å². The maximum Gasteiger partial charge on any atom is 0.285 e. The molecule has 1 unspecified atom stereocenters. The second-order valence-corrected chi connectivity index (χ2v) is 10.3. The highest BCUT2D eigenvalue weighted by Crippen LogP contribution is 2.32. The molecule has 0 bridgehead atoms. The van der Waals surface area contributed by atoms with Crippen LogP contribution < -0.4 is 10.2 Å². The van der Waals surface area contributed by atoms with Gasteiger partial charge in [-0.05, 0) is 56.4 Å². The minimum atomic E-state index is -3.67. The Morgan fingerprint density at radius 3 is 2.47 bits per heavy atom. The van der Waals surface area contributed by atoms with Gasteiger partial charge in [0, 0.05) is 31.7 Å². The van der Waals surface area contributed by atoms with E-state index in [1.165, 1.54) is 19.3 Å². The number of piperidine rings is 2. The van der Waals surface area contributed by atoms with Crippen LogP contribution in [0.4, 0.5) is 11.4 Å². The Kier molecular flexibility index (Phi) is 5.63. The van der Waals surface area contributed by atoms with Crippen molar-refractivity contribution in [3.05, 3.63) is 54.1 Å². The maximum absolute atomic E-state index is 13.2. The Balaban J connectivity index is 1.33. The zero-order chi connectivity index (χ0) is 22.1. The molecule has 1 atom stereocenters. The average molecular weight is 453 g/mol. The number of rotatable bonds is 3. The average Bonchev–Trinajstić information content (AvgIpc) is 3.11. The Bertz CT molecular complexity index is 1160. The van der Waals surface area contributed by atoms with E-state index >= 15 is 0 Å². The van der Waals surface area contributed by atoms with Crippen molar-refractivity contribution < 1.29 is 13.2 Å². The lowest BCUT2D eigenvalue weighted by Gasteiger charge is -2.34. The Morgan fingerprint density at radius 2 is 1.62 bits per heavy atom. The molecule has 0 aromatic heterocycles. The van der Waals surface area contributed by atoms with Crippen LogP contribution in [0.15, 0.2) is 57.8 Å². The molecule has 1 N–H and O–H groups in total. The van der Waals surface area contributed by atoms with Gasteiger partial charge in [-0.15, -0.1) is 4.40 Å². The quantitative estimate of drug-likeness (QED) is 0.771. The molecule has 7 nitrogen and oxygen atoms in total. The zero-order valence-electron chi connectivity index (χ0n) is 18.0. The molecule has 3 aliphatic heterocycles. The number of amides is 1. The molecule has 0 spiro atoms. The minimum Gasteiger partial charge on any atom is -0.370 e. The second kappa shape index (κ2) is 8.58. The molecular formula is C24H28N4O3S. The van der Waals surface area contributed by atoms with Gasteiger partial charge < -0.3 is 15.1 Å². The van der Waals surface area contributed by atoms with Gasteiger partial charge in [0.15, 0.2) is 5.84 Å². The number of likely N-dealkylation sites (tertiary alicyclic amines) is 1. The number of fused-ring (bicyclic) bond motifs is 1. The van der Waals surface area contributed by atoms with Gasteiger partial charge >= 0.3 is 0 Å². The highest BCUT2D eigenvalue weighted by Gasteiger charge is 2.35. The standard InChI is InChI=1S/C24H28N4O3S/c29-24(25-20-11-3-4-12-21(20)27-14-6-1-7-15-27)18-9-8-16-28(17-18)23-19-10-2-5-13-22(19)32(30,31)26-23/h2-5,10-13,18H,1,6-9,14-17H2,(H,25,29). The molecule has 0 radical (unpaired) electrons. The monoisotopic (exact) mass is 452 g/mol. The van der Waals surface area contributed by atoms with Crippen LogP contribution in [-0.4, -0.2) is 51.2 Å². The summed E-state index contributed by atoms with van der Waals surface area (Å²) in [4.78, 5) is 17.8. The SMILES string of the molecule is O=C(Nc1ccccc1N1CCCCC1)C1CCCN(C2=NS(=O)(=O)c3ccccc32)C1. The van der Waals surface area contributed by atoms with Gasteiger partial charge in [-0.3, -0.25) is 4.79 Å². The highest BCUT2D eigenvalue weighted by atomic mass is 32.2. The number of carbonyl (C=O) groups excluding carboxylic acids is 1. The topological polar surface area (TPSA) is 82.1 Å². The number of hydrogen-bond acceptors (Lipinski definition) is 5. The molecule has 168 valence electrons. The van der Waals surface area contributed by atoms with Crippen molar-refractivity contribution in [3.63, 3.8) is 0 Å². The van der Waals surface area contributed by atoms with Gasteiger partial charge in [0.1, 0.15) is 4.90 Å². The molecule has 3 heterocycles. The van der Waals surface area contributed by atoms with Crippen molar-refractivity contribution >= 4 is 33.1 Å². The summed E-state index contributed by atoms with van der Waals surface area (Å²) in [5, 5.41) is 3.16. The summed E-state index contributed by atoms with van der Waals surface area (Å²) < 4.78 is 28.9. The Labute approximate surface area is 189 Å². The van der Waals surface area contributed by atoms with Crippen LogP contribution in [0.5, 0.6) is 0 Å². The molecule has 0 saturated carbocycles. The van der Waals surface area contributed by atoms with Crippen LogP contribution >= 0.6 is 0 Å². The molecule has 0 aliphatic carbocycles.